The minimum absolute atomic E-state index is 0.263. The molecular weight excluding hydrogens is 256 g/mol. The van der Waals surface area contributed by atoms with E-state index in [1.54, 1.807) is 6.07 Å². The summed E-state index contributed by atoms with van der Waals surface area (Å²) >= 11 is 0. The van der Waals surface area contributed by atoms with Gasteiger partial charge >= 0.3 is 0 Å². The third kappa shape index (κ3) is 2.47. The molecule has 2 heterocycles. The minimum Gasteiger partial charge on any atom is -0.454 e. The number of anilines is 1. The Morgan fingerprint density at radius 3 is 2.95 bits per heavy atom. The molecule has 0 saturated carbocycles. The molecule has 1 aromatic heterocycles. The number of nitriles is 1. The summed E-state index contributed by atoms with van der Waals surface area (Å²) in [7, 11) is 0. The van der Waals surface area contributed by atoms with Gasteiger partial charge in [0.1, 0.15) is 11.8 Å². The lowest BCUT2D eigenvalue weighted by Crippen LogP contribution is -2.05. The number of rotatable bonds is 3. The molecule has 0 spiro atoms. The largest absolute Gasteiger partial charge is 0.454 e. The Balaban J connectivity index is 1.73. The van der Waals surface area contributed by atoms with E-state index >= 15 is 0 Å². The van der Waals surface area contributed by atoms with Crippen molar-refractivity contribution in [2.75, 3.05) is 12.1 Å². The molecule has 20 heavy (non-hydrogen) atoms. The zero-order valence-electron chi connectivity index (χ0n) is 10.9. The molecule has 0 aliphatic carbocycles. The summed E-state index contributed by atoms with van der Waals surface area (Å²) in [6.07, 6.45) is 0. The first-order chi connectivity index (χ1) is 9.74. The van der Waals surface area contributed by atoms with Gasteiger partial charge in [-0.3, -0.25) is 0 Å². The number of aromatic nitrogens is 2. The maximum atomic E-state index is 8.88. The number of hydrogen-bond acceptors (Lipinski definition) is 6. The van der Waals surface area contributed by atoms with Crippen LogP contribution in [0.4, 0.5) is 5.95 Å². The summed E-state index contributed by atoms with van der Waals surface area (Å²) in [6.45, 7) is 2.64. The van der Waals surface area contributed by atoms with Gasteiger partial charge in [-0.2, -0.15) is 5.26 Å². The fourth-order valence-corrected chi connectivity index (χ4v) is 1.94. The highest BCUT2D eigenvalue weighted by Gasteiger charge is 2.13. The zero-order valence-corrected chi connectivity index (χ0v) is 10.9. The molecule has 0 unspecified atom stereocenters. The molecule has 100 valence electrons. The minimum atomic E-state index is 0.263. The fourth-order valence-electron chi connectivity index (χ4n) is 1.94. The summed E-state index contributed by atoms with van der Waals surface area (Å²) in [6, 6.07) is 9.39. The Labute approximate surface area is 116 Å². The van der Waals surface area contributed by atoms with Crippen LogP contribution in [0.1, 0.15) is 17.0 Å². The lowest BCUT2D eigenvalue weighted by molar-refractivity contribution is 0.174. The van der Waals surface area contributed by atoms with E-state index in [2.05, 4.69) is 15.3 Å². The summed E-state index contributed by atoms with van der Waals surface area (Å²) in [5.74, 6) is 1.94. The predicted octanol–water partition coefficient (Wildman–Crippen LogP) is 2.00. The molecule has 1 N–H and O–H groups in total. The van der Waals surface area contributed by atoms with Crippen LogP contribution >= 0.6 is 0 Å². The molecule has 1 aliphatic rings. The van der Waals surface area contributed by atoms with E-state index in [0.717, 1.165) is 22.8 Å². The highest BCUT2D eigenvalue weighted by molar-refractivity contribution is 5.45. The standard InChI is InChI=1S/C14H12N4O2/c1-9-4-11(6-15)18-14(17-9)16-7-10-2-3-12-13(5-10)20-8-19-12/h2-5H,7-8H2,1H3,(H,16,17,18). The van der Waals surface area contributed by atoms with Crippen molar-refractivity contribution in [2.24, 2.45) is 0 Å². The van der Waals surface area contributed by atoms with E-state index in [4.69, 9.17) is 14.7 Å². The summed E-state index contributed by atoms with van der Waals surface area (Å²) in [5, 5.41) is 12.0. The molecule has 0 bridgehead atoms. The summed E-state index contributed by atoms with van der Waals surface area (Å²) in [5.41, 5.74) is 2.13. The normalized spacial score (nSPS) is 12.0. The number of benzene rings is 1. The highest BCUT2D eigenvalue weighted by Crippen LogP contribution is 2.32. The first kappa shape index (κ1) is 12.2. The van der Waals surface area contributed by atoms with Crippen LogP contribution in [0.25, 0.3) is 0 Å². The van der Waals surface area contributed by atoms with Crippen LogP contribution in [-0.2, 0) is 6.54 Å². The fraction of sp³-hybridized carbons (Fsp3) is 0.214. The van der Waals surface area contributed by atoms with Gasteiger partial charge in [0.25, 0.3) is 0 Å². The van der Waals surface area contributed by atoms with Crippen LogP contribution < -0.4 is 14.8 Å². The number of aryl methyl sites for hydroxylation is 1. The first-order valence-corrected chi connectivity index (χ1v) is 6.13. The maximum absolute atomic E-state index is 8.88. The van der Waals surface area contributed by atoms with Gasteiger partial charge in [0, 0.05) is 12.2 Å². The number of nitrogens with zero attached hydrogens (tertiary/aromatic N) is 3. The van der Waals surface area contributed by atoms with Gasteiger partial charge in [-0.1, -0.05) is 6.07 Å². The SMILES string of the molecule is Cc1cc(C#N)nc(NCc2ccc3c(c2)OCO3)n1. The van der Waals surface area contributed by atoms with E-state index in [9.17, 15) is 0 Å². The lowest BCUT2D eigenvalue weighted by Gasteiger charge is -2.06. The van der Waals surface area contributed by atoms with E-state index < -0.39 is 0 Å². The van der Waals surface area contributed by atoms with Crippen molar-refractivity contribution in [3.05, 3.63) is 41.2 Å². The molecule has 0 fully saturated rings. The molecule has 1 aromatic carbocycles. The lowest BCUT2D eigenvalue weighted by atomic mass is 10.2. The number of fused-ring (bicyclic) bond motifs is 1. The Bertz CT molecular complexity index is 694. The van der Waals surface area contributed by atoms with Gasteiger partial charge in [0.05, 0.1) is 0 Å². The average molecular weight is 268 g/mol. The van der Waals surface area contributed by atoms with Crippen molar-refractivity contribution in [1.29, 1.82) is 5.26 Å². The average Bonchev–Trinajstić information content (AvgIpc) is 2.92. The number of nitrogens with one attached hydrogen (secondary N) is 1. The van der Waals surface area contributed by atoms with Crippen LogP contribution in [0.2, 0.25) is 0 Å². The smallest absolute Gasteiger partial charge is 0.231 e. The molecular formula is C14H12N4O2. The van der Waals surface area contributed by atoms with Crippen molar-refractivity contribution >= 4 is 5.95 Å². The van der Waals surface area contributed by atoms with Gasteiger partial charge in [-0.25, -0.2) is 9.97 Å². The molecule has 2 aromatic rings. The quantitative estimate of drug-likeness (QED) is 0.917. The third-order valence-corrected chi connectivity index (χ3v) is 2.86. The second-order valence-corrected chi connectivity index (χ2v) is 4.37. The van der Waals surface area contributed by atoms with Gasteiger partial charge in [-0.15, -0.1) is 0 Å². The monoisotopic (exact) mass is 268 g/mol. The van der Waals surface area contributed by atoms with Gasteiger partial charge in [0.15, 0.2) is 11.5 Å². The molecule has 0 saturated heterocycles. The van der Waals surface area contributed by atoms with Crippen molar-refractivity contribution in [1.82, 2.24) is 9.97 Å². The van der Waals surface area contributed by atoms with E-state index in [1.807, 2.05) is 31.2 Å². The molecule has 3 rings (SSSR count). The maximum Gasteiger partial charge on any atom is 0.231 e. The van der Waals surface area contributed by atoms with Gasteiger partial charge < -0.3 is 14.8 Å². The molecule has 1 aliphatic heterocycles. The van der Waals surface area contributed by atoms with Crippen molar-refractivity contribution in [3.63, 3.8) is 0 Å². The van der Waals surface area contributed by atoms with Gasteiger partial charge in [-0.05, 0) is 30.7 Å². The number of ether oxygens (including phenoxy) is 2. The number of hydrogen-bond donors (Lipinski definition) is 1. The molecule has 6 nitrogen and oxygen atoms in total. The van der Waals surface area contributed by atoms with Crippen molar-refractivity contribution in [3.8, 4) is 17.6 Å². The Hall–Kier alpha value is -2.81. The molecule has 6 heteroatoms. The summed E-state index contributed by atoms with van der Waals surface area (Å²) < 4.78 is 10.6. The Morgan fingerprint density at radius 1 is 1.25 bits per heavy atom. The van der Waals surface area contributed by atoms with E-state index in [-0.39, 0.29) is 6.79 Å². The predicted molar refractivity (Wildman–Crippen MR) is 71.4 cm³/mol. The van der Waals surface area contributed by atoms with Crippen LogP contribution in [-0.4, -0.2) is 16.8 Å². The second kappa shape index (κ2) is 5.05. The third-order valence-electron chi connectivity index (χ3n) is 2.86. The molecule has 0 atom stereocenters. The van der Waals surface area contributed by atoms with E-state index in [0.29, 0.717) is 18.2 Å². The van der Waals surface area contributed by atoms with Crippen molar-refractivity contribution in [2.45, 2.75) is 13.5 Å². The van der Waals surface area contributed by atoms with Gasteiger partial charge in [0.2, 0.25) is 12.7 Å². The van der Waals surface area contributed by atoms with Crippen LogP contribution in [0.5, 0.6) is 11.5 Å². The van der Waals surface area contributed by atoms with Crippen LogP contribution in [0.3, 0.4) is 0 Å². The zero-order chi connectivity index (χ0) is 13.9. The van der Waals surface area contributed by atoms with Crippen LogP contribution in [0.15, 0.2) is 24.3 Å². The Kier molecular flexibility index (Phi) is 3.09. The molecule has 0 amide bonds. The second-order valence-electron chi connectivity index (χ2n) is 4.37. The van der Waals surface area contributed by atoms with Crippen LogP contribution in [0, 0.1) is 18.3 Å². The first-order valence-electron chi connectivity index (χ1n) is 6.13. The molecule has 0 radical (unpaired) electrons. The topological polar surface area (TPSA) is 80.1 Å². The summed E-state index contributed by atoms with van der Waals surface area (Å²) in [4.78, 5) is 8.34. The van der Waals surface area contributed by atoms with E-state index in [1.165, 1.54) is 0 Å². The highest BCUT2D eigenvalue weighted by atomic mass is 16.7. The Morgan fingerprint density at radius 2 is 2.10 bits per heavy atom. The van der Waals surface area contributed by atoms with Crippen molar-refractivity contribution < 1.29 is 9.47 Å².